The molecule has 6 nitrogen and oxygen atoms in total. The largest absolute Gasteiger partial charge is 0.388 e. The molecule has 1 aromatic carbocycles. The van der Waals surface area contributed by atoms with E-state index in [0.29, 0.717) is 13.1 Å². The molecule has 1 aromatic rings. The van der Waals surface area contributed by atoms with E-state index in [1.807, 2.05) is 38.2 Å². The molecule has 1 fully saturated rings. The minimum Gasteiger partial charge on any atom is -0.388 e. The number of hydrogen-bond donors (Lipinski definition) is 2. The van der Waals surface area contributed by atoms with Gasteiger partial charge in [-0.1, -0.05) is 29.9 Å². The molecule has 0 spiro atoms. The molecule has 118 valence electrons. The van der Waals surface area contributed by atoms with Crippen LogP contribution in [-0.4, -0.2) is 59.6 Å². The van der Waals surface area contributed by atoms with Crippen molar-refractivity contribution in [3.8, 4) is 0 Å². The van der Waals surface area contributed by atoms with Crippen LogP contribution in [0.5, 0.6) is 0 Å². The Labute approximate surface area is 136 Å². The van der Waals surface area contributed by atoms with E-state index in [-0.39, 0.29) is 16.6 Å². The molecule has 1 aliphatic rings. The van der Waals surface area contributed by atoms with E-state index in [0.717, 1.165) is 24.3 Å². The van der Waals surface area contributed by atoms with Gasteiger partial charge in [0.25, 0.3) is 5.91 Å². The number of hydrogen-bond acceptors (Lipinski definition) is 5. The SMILES string of the molecule is Cc1ccc(NN=C(C(=O)N2CCN(C)CC2)C(N)=S)cc1. The lowest BCUT2D eigenvalue weighted by molar-refractivity contribution is -0.125. The summed E-state index contributed by atoms with van der Waals surface area (Å²) in [5, 5.41) is 4.11. The van der Waals surface area contributed by atoms with Gasteiger partial charge in [0.05, 0.1) is 5.69 Å². The number of rotatable bonds is 4. The molecule has 2 rings (SSSR count). The number of nitrogens with one attached hydrogen (secondary N) is 1. The number of likely N-dealkylation sites (N-methyl/N-ethyl adjacent to an activating group) is 1. The van der Waals surface area contributed by atoms with Gasteiger partial charge in [-0.2, -0.15) is 5.10 Å². The molecule has 1 aliphatic heterocycles. The first-order chi connectivity index (χ1) is 10.5. The smallest absolute Gasteiger partial charge is 0.277 e. The van der Waals surface area contributed by atoms with E-state index in [2.05, 4.69) is 15.4 Å². The van der Waals surface area contributed by atoms with Crippen molar-refractivity contribution in [2.75, 3.05) is 38.7 Å². The van der Waals surface area contributed by atoms with Crippen LogP contribution in [0.25, 0.3) is 0 Å². The Morgan fingerprint density at radius 3 is 2.36 bits per heavy atom. The lowest BCUT2D eigenvalue weighted by atomic mass is 10.2. The van der Waals surface area contributed by atoms with Crippen molar-refractivity contribution in [3.63, 3.8) is 0 Å². The van der Waals surface area contributed by atoms with Crippen molar-refractivity contribution in [1.29, 1.82) is 0 Å². The maximum atomic E-state index is 12.5. The summed E-state index contributed by atoms with van der Waals surface area (Å²) < 4.78 is 0. The topological polar surface area (TPSA) is 74.0 Å². The fourth-order valence-electron chi connectivity index (χ4n) is 2.12. The molecule has 1 amide bonds. The maximum absolute atomic E-state index is 12.5. The monoisotopic (exact) mass is 319 g/mol. The zero-order valence-corrected chi connectivity index (χ0v) is 13.7. The fraction of sp³-hybridized carbons (Fsp3) is 0.400. The standard InChI is InChI=1S/C15H21N5OS/c1-11-3-5-12(6-4-11)17-18-13(14(16)22)15(21)20-9-7-19(2)8-10-20/h3-6,17H,7-10H2,1-2H3,(H2,16,22). The number of hydrazone groups is 1. The molecule has 0 aromatic heterocycles. The maximum Gasteiger partial charge on any atom is 0.277 e. The molecule has 1 saturated heterocycles. The van der Waals surface area contributed by atoms with E-state index < -0.39 is 0 Å². The molecular formula is C15H21N5OS. The van der Waals surface area contributed by atoms with Crippen LogP contribution < -0.4 is 11.2 Å². The van der Waals surface area contributed by atoms with Crippen molar-refractivity contribution in [2.24, 2.45) is 10.8 Å². The third-order valence-corrected chi connectivity index (χ3v) is 3.77. The van der Waals surface area contributed by atoms with E-state index in [9.17, 15) is 4.79 Å². The minimum absolute atomic E-state index is 0.00328. The van der Waals surface area contributed by atoms with Gasteiger partial charge in [0.15, 0.2) is 5.71 Å². The average Bonchev–Trinajstić information content (AvgIpc) is 2.49. The lowest BCUT2D eigenvalue weighted by Crippen LogP contribution is -2.51. The Morgan fingerprint density at radius 2 is 1.82 bits per heavy atom. The Hall–Kier alpha value is -1.99. The first-order valence-corrected chi connectivity index (χ1v) is 7.56. The first kappa shape index (κ1) is 16.4. The second-order valence-corrected chi connectivity index (χ2v) is 5.84. The number of benzene rings is 1. The molecular weight excluding hydrogens is 298 g/mol. The summed E-state index contributed by atoms with van der Waals surface area (Å²) in [4.78, 5) is 16.4. The molecule has 1 heterocycles. The highest BCUT2D eigenvalue weighted by Crippen LogP contribution is 2.09. The fourth-order valence-corrected chi connectivity index (χ4v) is 2.25. The van der Waals surface area contributed by atoms with Gasteiger partial charge in [-0.05, 0) is 26.1 Å². The van der Waals surface area contributed by atoms with Crippen molar-refractivity contribution in [2.45, 2.75) is 6.92 Å². The Bertz CT molecular complexity index is 576. The highest BCUT2D eigenvalue weighted by Gasteiger charge is 2.25. The second kappa shape index (κ2) is 7.33. The molecule has 0 bridgehead atoms. The Kier molecular flexibility index (Phi) is 5.46. The van der Waals surface area contributed by atoms with Gasteiger partial charge < -0.3 is 15.5 Å². The van der Waals surface area contributed by atoms with Crippen LogP contribution >= 0.6 is 12.2 Å². The van der Waals surface area contributed by atoms with Gasteiger partial charge in [-0.3, -0.25) is 10.2 Å². The van der Waals surface area contributed by atoms with Gasteiger partial charge in [-0.15, -0.1) is 0 Å². The van der Waals surface area contributed by atoms with Crippen LogP contribution in [0.3, 0.4) is 0 Å². The molecule has 3 N–H and O–H groups in total. The molecule has 7 heteroatoms. The van der Waals surface area contributed by atoms with Crippen LogP contribution in [0.2, 0.25) is 0 Å². The third kappa shape index (κ3) is 4.25. The van der Waals surface area contributed by atoms with Gasteiger partial charge in [-0.25, -0.2) is 0 Å². The molecule has 0 aliphatic carbocycles. The highest BCUT2D eigenvalue weighted by molar-refractivity contribution is 7.82. The summed E-state index contributed by atoms with van der Waals surface area (Å²) >= 11 is 4.97. The van der Waals surface area contributed by atoms with Gasteiger partial charge in [0, 0.05) is 26.2 Å². The number of anilines is 1. The summed E-state index contributed by atoms with van der Waals surface area (Å²) in [6.07, 6.45) is 0. The summed E-state index contributed by atoms with van der Waals surface area (Å²) in [6, 6.07) is 7.69. The van der Waals surface area contributed by atoms with Crippen LogP contribution in [0, 0.1) is 6.92 Å². The number of carbonyl (C=O) groups is 1. The van der Waals surface area contributed by atoms with Gasteiger partial charge in [0.1, 0.15) is 4.99 Å². The van der Waals surface area contributed by atoms with Crippen molar-refractivity contribution < 1.29 is 4.79 Å². The molecule has 0 radical (unpaired) electrons. The summed E-state index contributed by atoms with van der Waals surface area (Å²) in [5.41, 5.74) is 10.5. The molecule has 0 saturated carbocycles. The highest BCUT2D eigenvalue weighted by atomic mass is 32.1. The summed E-state index contributed by atoms with van der Waals surface area (Å²) in [6.45, 7) is 4.98. The predicted octanol–water partition coefficient (Wildman–Crippen LogP) is 0.823. The second-order valence-electron chi connectivity index (χ2n) is 5.40. The van der Waals surface area contributed by atoms with Gasteiger partial charge in [0.2, 0.25) is 0 Å². The van der Waals surface area contributed by atoms with E-state index in [4.69, 9.17) is 18.0 Å². The van der Waals surface area contributed by atoms with E-state index in [1.54, 1.807) is 4.90 Å². The van der Waals surface area contributed by atoms with E-state index in [1.165, 1.54) is 0 Å². The predicted molar refractivity (Wildman–Crippen MR) is 93.1 cm³/mol. The van der Waals surface area contributed by atoms with Crippen LogP contribution in [-0.2, 0) is 4.79 Å². The zero-order chi connectivity index (χ0) is 16.1. The number of nitrogens with zero attached hydrogens (tertiary/aromatic N) is 3. The number of thiocarbonyl (C=S) groups is 1. The number of piperazine rings is 1. The molecule has 0 unspecified atom stereocenters. The number of carbonyl (C=O) groups excluding carboxylic acids is 1. The summed E-state index contributed by atoms with van der Waals surface area (Å²) in [5.74, 6) is -0.222. The quantitative estimate of drug-likeness (QED) is 0.488. The van der Waals surface area contributed by atoms with Crippen molar-refractivity contribution in [1.82, 2.24) is 9.80 Å². The average molecular weight is 319 g/mol. The van der Waals surface area contributed by atoms with Crippen molar-refractivity contribution >= 4 is 34.5 Å². The van der Waals surface area contributed by atoms with Crippen LogP contribution in [0.4, 0.5) is 5.69 Å². The summed E-state index contributed by atoms with van der Waals surface area (Å²) in [7, 11) is 2.03. The van der Waals surface area contributed by atoms with Crippen molar-refractivity contribution in [3.05, 3.63) is 29.8 Å². The number of nitrogens with two attached hydrogens (primary N) is 1. The third-order valence-electron chi connectivity index (χ3n) is 3.57. The minimum atomic E-state index is -0.222. The van der Waals surface area contributed by atoms with Gasteiger partial charge >= 0.3 is 0 Å². The molecule has 22 heavy (non-hydrogen) atoms. The lowest BCUT2D eigenvalue weighted by Gasteiger charge is -2.32. The zero-order valence-electron chi connectivity index (χ0n) is 12.9. The van der Waals surface area contributed by atoms with Crippen LogP contribution in [0.1, 0.15) is 5.56 Å². The number of aryl methyl sites for hydroxylation is 1. The Balaban J connectivity index is 2.08. The van der Waals surface area contributed by atoms with E-state index >= 15 is 0 Å². The normalized spacial score (nSPS) is 16.5. The van der Waals surface area contributed by atoms with Crippen LogP contribution in [0.15, 0.2) is 29.4 Å². The number of amides is 1. The Morgan fingerprint density at radius 1 is 1.23 bits per heavy atom. The first-order valence-electron chi connectivity index (χ1n) is 7.15. The molecule has 0 atom stereocenters.